The second-order valence-corrected chi connectivity index (χ2v) is 7.51. The predicted octanol–water partition coefficient (Wildman–Crippen LogP) is 4.77. The van der Waals surface area contributed by atoms with Gasteiger partial charge in [-0.25, -0.2) is 0 Å². The van der Waals surface area contributed by atoms with Crippen LogP contribution in [0.2, 0.25) is 0 Å². The fraction of sp³-hybridized carbons (Fsp3) is 0.125. The van der Waals surface area contributed by atoms with E-state index < -0.39 is 0 Å². The fourth-order valence-electron chi connectivity index (χ4n) is 2.95. The molecule has 0 saturated carbocycles. The number of rotatable bonds is 4. The summed E-state index contributed by atoms with van der Waals surface area (Å²) in [7, 11) is 2.09. The van der Waals surface area contributed by atoms with Crippen LogP contribution in [0.15, 0.2) is 97.2 Å². The molecule has 1 aromatic heterocycles. The maximum atomic E-state index is 5.35. The molecule has 0 spiro atoms. The first kappa shape index (κ1) is 20.3. The van der Waals surface area contributed by atoms with Crippen molar-refractivity contribution >= 4 is 0 Å². The van der Waals surface area contributed by atoms with Crippen molar-refractivity contribution in [3.63, 3.8) is 0 Å². The molecule has 0 amide bonds. The van der Waals surface area contributed by atoms with E-state index in [1.54, 1.807) is 0 Å². The van der Waals surface area contributed by atoms with Gasteiger partial charge in [0.05, 0.1) is 0 Å². The molecule has 0 radical (unpaired) electrons. The Morgan fingerprint density at radius 2 is 1.25 bits per heavy atom. The van der Waals surface area contributed by atoms with Gasteiger partial charge in [0, 0.05) is 6.54 Å². The Hall–Kier alpha value is -2.48. The van der Waals surface area contributed by atoms with Crippen LogP contribution in [0, 0.1) is 3.80 Å². The summed E-state index contributed by atoms with van der Waals surface area (Å²) in [4.78, 5) is 0. The SMILES string of the molecule is Cn1cc(-c2ccccc2)n(Cc2ccccc2)[c]1=[Pt].NCc1ccccc1. The molecule has 4 aromatic rings. The normalized spacial score (nSPS) is 10.3. The van der Waals surface area contributed by atoms with Gasteiger partial charge >= 0.3 is 130 Å². The number of benzene rings is 3. The zero-order valence-electron chi connectivity index (χ0n) is 15.9. The number of aryl methyl sites for hydroxylation is 1. The monoisotopic (exact) mass is 550 g/mol. The molecule has 3 aromatic carbocycles. The minimum atomic E-state index is 0.640. The fourth-order valence-corrected chi connectivity index (χ4v) is 3.55. The van der Waals surface area contributed by atoms with Crippen molar-refractivity contribution in [2.75, 3.05) is 0 Å². The molecular weight excluding hydrogens is 525 g/mol. The molecular formula is C24H25N3Pt. The van der Waals surface area contributed by atoms with Crippen molar-refractivity contribution in [3.8, 4) is 11.3 Å². The second kappa shape index (κ2) is 10.2. The Kier molecular flexibility index (Phi) is 7.36. The number of nitrogens with two attached hydrogens (primary N) is 1. The van der Waals surface area contributed by atoms with E-state index in [4.69, 9.17) is 5.73 Å². The summed E-state index contributed by atoms with van der Waals surface area (Å²) in [5.74, 6) is 0. The third-order valence-electron chi connectivity index (χ3n) is 4.41. The largest absolute Gasteiger partial charge is 0.326 e. The molecule has 0 saturated heterocycles. The van der Waals surface area contributed by atoms with E-state index in [2.05, 4.69) is 102 Å². The third kappa shape index (κ3) is 5.28. The zero-order chi connectivity index (χ0) is 19.8. The number of nitrogens with zero attached hydrogens (tertiary/aromatic N) is 2. The van der Waals surface area contributed by atoms with Gasteiger partial charge < -0.3 is 5.73 Å². The standard InChI is InChI=1S/C17H16N2.C7H9N.Pt/c1-18-13-17(16-10-6-3-7-11-16)19(14-18)12-15-8-4-2-5-9-15;8-6-7-4-2-1-3-5-7;/h2-11,13H,12H2,1H3;1-5H,6,8H2;. The van der Waals surface area contributed by atoms with Gasteiger partial charge in [-0.1, -0.05) is 30.3 Å². The van der Waals surface area contributed by atoms with Crippen molar-refractivity contribution in [1.29, 1.82) is 0 Å². The molecule has 1 heterocycles. The molecule has 0 aliphatic heterocycles. The summed E-state index contributed by atoms with van der Waals surface area (Å²) in [5.41, 5.74) is 10.4. The minimum Gasteiger partial charge on any atom is -0.326 e. The van der Waals surface area contributed by atoms with Gasteiger partial charge in [-0.05, 0) is 5.56 Å². The summed E-state index contributed by atoms with van der Waals surface area (Å²) in [6.45, 7) is 1.53. The molecule has 0 fully saturated rings. The summed E-state index contributed by atoms with van der Waals surface area (Å²) in [6.07, 6.45) is 2.20. The summed E-state index contributed by atoms with van der Waals surface area (Å²) < 4.78 is 5.76. The average molecular weight is 551 g/mol. The van der Waals surface area contributed by atoms with E-state index in [1.165, 1.54) is 26.2 Å². The maximum Gasteiger partial charge on any atom is 0.0178 e. The quantitative estimate of drug-likeness (QED) is 0.391. The molecule has 0 bridgehead atoms. The van der Waals surface area contributed by atoms with Gasteiger partial charge in [0.2, 0.25) is 0 Å². The molecule has 28 heavy (non-hydrogen) atoms. The van der Waals surface area contributed by atoms with Gasteiger partial charge in [-0.2, -0.15) is 0 Å². The van der Waals surface area contributed by atoms with Crippen LogP contribution in [0.5, 0.6) is 0 Å². The van der Waals surface area contributed by atoms with E-state index in [1.807, 2.05) is 30.3 Å². The third-order valence-corrected chi connectivity index (χ3v) is 5.83. The van der Waals surface area contributed by atoms with Gasteiger partial charge in [0.25, 0.3) is 0 Å². The first-order chi connectivity index (χ1) is 13.7. The Morgan fingerprint density at radius 1 is 0.750 bits per heavy atom. The van der Waals surface area contributed by atoms with E-state index in [0.29, 0.717) is 6.54 Å². The molecule has 2 N–H and O–H groups in total. The van der Waals surface area contributed by atoms with Crippen LogP contribution in [0.4, 0.5) is 0 Å². The van der Waals surface area contributed by atoms with Crippen LogP contribution >= 0.6 is 0 Å². The first-order valence-electron chi connectivity index (χ1n) is 9.24. The molecule has 0 aliphatic carbocycles. The van der Waals surface area contributed by atoms with Gasteiger partial charge in [0.1, 0.15) is 0 Å². The molecule has 146 valence electrons. The van der Waals surface area contributed by atoms with Gasteiger partial charge in [-0.15, -0.1) is 0 Å². The van der Waals surface area contributed by atoms with Crippen LogP contribution < -0.4 is 5.73 Å². The minimum absolute atomic E-state index is 0.640. The van der Waals surface area contributed by atoms with E-state index in [-0.39, 0.29) is 0 Å². The molecule has 0 atom stereocenters. The average Bonchev–Trinajstić information content (AvgIpc) is 3.04. The van der Waals surface area contributed by atoms with Crippen LogP contribution in [-0.4, -0.2) is 9.13 Å². The maximum absolute atomic E-state index is 5.35. The molecule has 0 aliphatic rings. The number of imidazole rings is 1. The van der Waals surface area contributed by atoms with Gasteiger partial charge in [0.15, 0.2) is 0 Å². The van der Waals surface area contributed by atoms with Crippen LogP contribution in [0.3, 0.4) is 0 Å². The first-order valence-corrected chi connectivity index (χ1v) is 10.4. The summed E-state index contributed by atoms with van der Waals surface area (Å²) in [5, 5.41) is 0. The zero-order valence-corrected chi connectivity index (χ0v) is 18.2. The van der Waals surface area contributed by atoms with E-state index >= 15 is 0 Å². The second-order valence-electron chi connectivity index (χ2n) is 6.49. The Morgan fingerprint density at radius 3 is 1.75 bits per heavy atom. The van der Waals surface area contributed by atoms with Crippen molar-refractivity contribution in [1.82, 2.24) is 9.13 Å². The van der Waals surface area contributed by atoms with E-state index in [9.17, 15) is 0 Å². The molecule has 0 unspecified atom stereocenters. The Bertz CT molecular complexity index is 1040. The summed E-state index contributed by atoms with van der Waals surface area (Å²) >= 11 is 2.39. The van der Waals surface area contributed by atoms with Crippen LogP contribution in [0.25, 0.3) is 11.3 Å². The summed E-state index contributed by atoms with van der Waals surface area (Å²) in [6, 6.07) is 31.1. The molecule has 4 rings (SSSR count). The number of aromatic nitrogens is 2. The van der Waals surface area contributed by atoms with Crippen molar-refractivity contribution in [2.24, 2.45) is 12.8 Å². The van der Waals surface area contributed by atoms with Crippen molar-refractivity contribution < 1.29 is 19.4 Å². The molecule has 4 heteroatoms. The van der Waals surface area contributed by atoms with Crippen molar-refractivity contribution in [3.05, 3.63) is 112 Å². The van der Waals surface area contributed by atoms with E-state index in [0.717, 1.165) is 6.54 Å². The topological polar surface area (TPSA) is 35.9 Å². The van der Waals surface area contributed by atoms with Gasteiger partial charge in [-0.3, -0.25) is 0 Å². The Balaban J connectivity index is 0.000000236. The Labute approximate surface area is 177 Å². The number of hydrogen-bond acceptors (Lipinski definition) is 1. The van der Waals surface area contributed by atoms with Crippen molar-refractivity contribution in [2.45, 2.75) is 13.1 Å². The van der Waals surface area contributed by atoms with Crippen LogP contribution in [-0.2, 0) is 39.5 Å². The smallest absolute Gasteiger partial charge is 0.0178 e. The van der Waals surface area contributed by atoms with Crippen LogP contribution in [0.1, 0.15) is 11.1 Å². The predicted molar refractivity (Wildman–Crippen MR) is 112 cm³/mol. The number of hydrogen-bond donors (Lipinski definition) is 1. The molecule has 3 nitrogen and oxygen atoms in total.